The molecule has 52 heavy (non-hydrogen) atoms. The van der Waals surface area contributed by atoms with Crippen molar-refractivity contribution >= 4 is 89.2 Å². The Morgan fingerprint density at radius 2 is 0.385 bits per heavy atom. The summed E-state index contributed by atoms with van der Waals surface area (Å²) in [5.41, 5.74) is -7.24. The first-order valence-electron chi connectivity index (χ1n) is 20.5. The fraction of sp³-hybridized carbons (Fsp3) is 1.00. The van der Waals surface area contributed by atoms with Crippen molar-refractivity contribution in [1.82, 2.24) is 0 Å². The molecule has 0 heterocycles. The van der Waals surface area contributed by atoms with E-state index in [1.54, 1.807) is 0 Å². The van der Waals surface area contributed by atoms with Gasteiger partial charge in [-0.2, -0.15) is 0 Å². The molecule has 16 heteroatoms. The molecule has 0 atom stereocenters. The second-order valence-corrected chi connectivity index (χ2v) is 30.2. The molecule has 6 aliphatic carbocycles. The molecular weight excluding hydrogens is 870 g/mol. The van der Waals surface area contributed by atoms with Gasteiger partial charge in [0.05, 0.1) is 53.7 Å². The van der Waals surface area contributed by atoms with Gasteiger partial charge in [-0.05, 0) is 77.0 Å². The number of hydrogen-bond acceptors (Lipinski definition) is 12. The predicted molar refractivity (Wildman–Crippen MR) is 233 cm³/mol. The van der Waals surface area contributed by atoms with Crippen LogP contribution in [0.25, 0.3) is 0 Å². The van der Waals surface area contributed by atoms with Crippen LogP contribution in [0.4, 0.5) is 0 Å². The molecule has 0 aromatic rings. The molecular formula is C36H66FeO6P3S6. The minimum absolute atomic E-state index is 0. The van der Waals surface area contributed by atoms with E-state index < -0.39 is 17.1 Å². The Kier molecular flexibility index (Phi) is 26.0. The zero-order chi connectivity index (χ0) is 36.4. The van der Waals surface area contributed by atoms with Gasteiger partial charge in [0.15, 0.2) is 0 Å². The Bertz CT molecular complexity index is 889. The summed E-state index contributed by atoms with van der Waals surface area (Å²) in [5, 5.41) is 0. The van der Waals surface area contributed by atoms with E-state index in [1.165, 1.54) is 116 Å². The van der Waals surface area contributed by atoms with Gasteiger partial charge in [0.25, 0.3) is 0 Å². The summed E-state index contributed by atoms with van der Waals surface area (Å²) in [6.07, 6.45) is 37.9. The topological polar surface area (TPSA) is 55.4 Å². The molecule has 6 fully saturated rings. The van der Waals surface area contributed by atoms with Crippen molar-refractivity contribution in [3.63, 3.8) is 0 Å². The Labute approximate surface area is 359 Å². The quantitative estimate of drug-likeness (QED) is 0.106. The Morgan fingerprint density at radius 1 is 0.269 bits per heavy atom. The third kappa shape index (κ3) is 22.0. The predicted octanol–water partition coefficient (Wildman–Crippen LogP) is 13.4. The van der Waals surface area contributed by atoms with E-state index in [0.717, 1.165) is 77.0 Å². The van der Waals surface area contributed by atoms with E-state index in [1.807, 2.05) is 0 Å². The summed E-state index contributed by atoms with van der Waals surface area (Å²) < 4.78 is 35.4. The molecule has 0 unspecified atom stereocenters. The number of hydrogen-bond donors (Lipinski definition) is 0. The maximum Gasteiger partial charge on any atom is 3.00 e. The molecule has 0 spiro atoms. The average molecular weight is 936 g/mol. The molecule has 6 rings (SSSR count). The first-order valence-corrected chi connectivity index (χ1v) is 31.5. The van der Waals surface area contributed by atoms with Crippen molar-refractivity contribution in [3.8, 4) is 0 Å². The summed E-state index contributed by atoms with van der Waals surface area (Å²) in [4.78, 5) is 0. The maximum absolute atomic E-state index is 5.90. The molecule has 305 valence electrons. The van der Waals surface area contributed by atoms with E-state index in [9.17, 15) is 0 Å². The van der Waals surface area contributed by atoms with Gasteiger partial charge in [-0.3, -0.25) is 0 Å². The molecule has 0 saturated heterocycles. The van der Waals surface area contributed by atoms with Crippen molar-refractivity contribution in [3.05, 3.63) is 0 Å². The monoisotopic (exact) mass is 935 g/mol. The van der Waals surface area contributed by atoms with Crippen LogP contribution in [0.5, 0.6) is 0 Å². The molecule has 0 bridgehead atoms. The molecule has 0 aromatic heterocycles. The molecule has 0 aromatic carbocycles. The van der Waals surface area contributed by atoms with Gasteiger partial charge < -0.3 is 63.9 Å². The van der Waals surface area contributed by atoms with E-state index in [0.29, 0.717) is 0 Å². The molecule has 0 N–H and O–H groups in total. The van der Waals surface area contributed by atoms with Crippen molar-refractivity contribution < 1.29 is 44.2 Å². The smallest absolute Gasteiger partial charge is 0.691 e. The minimum atomic E-state index is -2.41. The zero-order valence-corrected chi connectivity index (χ0v) is 40.0. The van der Waals surface area contributed by atoms with Crippen LogP contribution < -0.4 is 0 Å². The van der Waals surface area contributed by atoms with E-state index in [-0.39, 0.29) is 53.7 Å². The minimum Gasteiger partial charge on any atom is -0.691 e. The summed E-state index contributed by atoms with van der Waals surface area (Å²) in [7, 11) is 0. The Balaban J connectivity index is 0.000000208. The van der Waals surface area contributed by atoms with E-state index in [2.05, 4.69) is 0 Å². The van der Waals surface area contributed by atoms with Crippen LogP contribution in [-0.2, 0) is 116 Å². The summed E-state index contributed by atoms with van der Waals surface area (Å²) in [6.45, 7) is 0. The van der Waals surface area contributed by atoms with Crippen LogP contribution in [0.3, 0.4) is 0 Å². The Morgan fingerprint density at radius 3 is 0.500 bits per heavy atom. The third-order valence-electron chi connectivity index (χ3n) is 11.0. The summed E-state index contributed by atoms with van der Waals surface area (Å²) in [6, 6.07) is 0. The van der Waals surface area contributed by atoms with E-state index in [4.69, 9.17) is 99.3 Å². The zero-order valence-electron chi connectivity index (χ0n) is 31.3. The van der Waals surface area contributed by atoms with Crippen LogP contribution in [0, 0.1) is 0 Å². The number of rotatable bonds is 12. The molecule has 6 aliphatic rings. The third-order valence-corrected chi connectivity index (χ3v) is 17.4. The molecule has 0 amide bonds. The largest absolute Gasteiger partial charge is 3.00 e. The second kappa shape index (κ2) is 27.2. The van der Waals surface area contributed by atoms with Gasteiger partial charge in [-0.25, -0.2) is 0 Å². The van der Waals surface area contributed by atoms with Crippen LogP contribution in [-0.4, -0.2) is 36.6 Å². The SMILES string of the molecule is S=P([S-])(OC1CCCCC1)OC1CCCCC1.S=P([S-])(OC1CCCCC1)OC1CCCCC1.S=P([S-])(OC1CCCCC1)OC1CCCCC1.[Fe+3]. The van der Waals surface area contributed by atoms with Gasteiger partial charge in [-0.15, -0.1) is 0 Å². The van der Waals surface area contributed by atoms with Crippen molar-refractivity contribution in [2.45, 2.75) is 229 Å². The van der Waals surface area contributed by atoms with Crippen molar-refractivity contribution in [1.29, 1.82) is 0 Å². The van der Waals surface area contributed by atoms with Crippen molar-refractivity contribution in [2.75, 3.05) is 0 Å². The summed E-state index contributed by atoms with van der Waals surface area (Å²) in [5.74, 6) is 0. The van der Waals surface area contributed by atoms with Crippen LogP contribution in [0.1, 0.15) is 193 Å². The molecule has 6 nitrogen and oxygen atoms in total. The van der Waals surface area contributed by atoms with E-state index >= 15 is 0 Å². The fourth-order valence-corrected chi connectivity index (χ4v) is 16.2. The van der Waals surface area contributed by atoms with Gasteiger partial charge in [0.2, 0.25) is 0 Å². The maximum atomic E-state index is 5.90. The van der Waals surface area contributed by atoms with Crippen LogP contribution in [0.15, 0.2) is 0 Å². The summed E-state index contributed by atoms with van der Waals surface area (Å²) >= 11 is 32.3. The fourth-order valence-electron chi connectivity index (χ4n) is 8.19. The van der Waals surface area contributed by atoms with Crippen molar-refractivity contribution in [2.24, 2.45) is 0 Å². The Hall–Kier alpha value is 3.28. The van der Waals surface area contributed by atoms with Gasteiger partial charge in [-0.1, -0.05) is 151 Å². The molecule has 1 radical (unpaired) electrons. The standard InChI is InChI=1S/3C12H23O2PS2.Fe/c3*16-15(17,13-11-7-3-1-4-8-11)14-12-9-5-2-6-10-12;/h3*11-12H,1-10H2,(H,16,17);/q;;;+3/p-3. The van der Waals surface area contributed by atoms with Gasteiger partial charge in [0.1, 0.15) is 0 Å². The van der Waals surface area contributed by atoms with Crippen LogP contribution in [0.2, 0.25) is 0 Å². The molecule has 0 aliphatic heterocycles. The molecule has 6 saturated carbocycles. The average Bonchev–Trinajstić information content (AvgIpc) is 3.10. The second-order valence-electron chi connectivity index (χ2n) is 15.5. The van der Waals surface area contributed by atoms with Gasteiger partial charge in [0, 0.05) is 0 Å². The van der Waals surface area contributed by atoms with Gasteiger partial charge >= 0.3 is 17.1 Å². The normalized spacial score (nSPS) is 24.5. The first-order chi connectivity index (χ1) is 24.5. The van der Waals surface area contributed by atoms with Crippen LogP contribution >= 0.6 is 17.1 Å². The first kappa shape index (κ1) is 49.6.